The number of hydrogen-bond donors (Lipinski definition) is 2. The fourth-order valence-corrected chi connectivity index (χ4v) is 10.8. The highest BCUT2D eigenvalue weighted by Gasteiger charge is 2.64. The molecule has 2 aromatic carbocycles. The van der Waals surface area contributed by atoms with E-state index in [2.05, 4.69) is 4.72 Å². The first-order chi connectivity index (χ1) is 18.2. The summed E-state index contributed by atoms with van der Waals surface area (Å²) in [5, 5.41) is 8.27. The monoisotopic (exact) mass is 595 g/mol. The quantitative estimate of drug-likeness (QED) is 0.508. The predicted molar refractivity (Wildman–Crippen MR) is 129 cm³/mol. The van der Waals surface area contributed by atoms with Crippen LogP contribution in [0.25, 0.3) is 0 Å². The topological polar surface area (TPSA) is 110 Å². The summed E-state index contributed by atoms with van der Waals surface area (Å²) in [5.74, 6) is -4.33. The summed E-state index contributed by atoms with van der Waals surface area (Å²) in [7, 11) is -8.48. The molecule has 39 heavy (non-hydrogen) atoms. The van der Waals surface area contributed by atoms with Crippen molar-refractivity contribution >= 4 is 19.9 Å². The zero-order chi connectivity index (χ0) is 28.4. The lowest BCUT2D eigenvalue weighted by Crippen LogP contribution is -2.63. The van der Waals surface area contributed by atoms with Crippen LogP contribution in [0, 0.1) is 23.5 Å². The molecule has 3 aliphatic rings. The van der Waals surface area contributed by atoms with Gasteiger partial charge in [0.15, 0.2) is 21.4 Å². The standard InChI is InChI=1S/C25H26F5NO6S2/c26-19-7-8-20(27)23-22(19)24(38(33,34)15-5-3-14(4-6-15)25(28,29)30)10-9-21-17(18(24)13-37-23)12-16(2-1-11-32)39(35,36)31-21/h3-8,16-18,21,31-32H,1-2,9-13H2/t16-,17-,18+,21+,24+/m1/s1. The van der Waals surface area contributed by atoms with Crippen LogP contribution in [-0.2, 0) is 30.8 Å². The molecular formula is C25H26F5NO6S2. The molecule has 2 N–H and O–H groups in total. The maximum absolute atomic E-state index is 15.5. The normalized spacial score (nSPS) is 30.0. The molecule has 1 saturated heterocycles. The van der Waals surface area contributed by atoms with Crippen molar-refractivity contribution in [3.05, 3.63) is 59.2 Å². The summed E-state index contributed by atoms with van der Waals surface area (Å²) in [5.41, 5.74) is -1.60. The van der Waals surface area contributed by atoms with Crippen molar-refractivity contribution < 1.29 is 48.6 Å². The molecule has 7 nitrogen and oxygen atoms in total. The number of aliphatic hydroxyl groups excluding tert-OH is 1. The van der Waals surface area contributed by atoms with Crippen molar-refractivity contribution in [2.45, 2.75) is 59.2 Å². The Morgan fingerprint density at radius 3 is 2.38 bits per heavy atom. The van der Waals surface area contributed by atoms with E-state index in [9.17, 15) is 39.5 Å². The number of sulfonamides is 1. The van der Waals surface area contributed by atoms with E-state index in [4.69, 9.17) is 4.74 Å². The van der Waals surface area contributed by atoms with Gasteiger partial charge in [-0.2, -0.15) is 13.2 Å². The van der Waals surface area contributed by atoms with E-state index in [1.165, 1.54) is 0 Å². The van der Waals surface area contributed by atoms with Gasteiger partial charge in [0, 0.05) is 18.6 Å². The van der Waals surface area contributed by atoms with E-state index in [-0.39, 0.29) is 45.3 Å². The summed E-state index contributed by atoms with van der Waals surface area (Å²) < 4.78 is 131. The molecule has 2 aliphatic heterocycles. The Hall–Kier alpha value is -2.29. The smallest absolute Gasteiger partial charge is 0.416 e. The van der Waals surface area contributed by atoms with Crippen LogP contribution < -0.4 is 9.46 Å². The van der Waals surface area contributed by atoms with Gasteiger partial charge >= 0.3 is 6.18 Å². The van der Waals surface area contributed by atoms with Crippen LogP contribution in [0.4, 0.5) is 22.0 Å². The first kappa shape index (κ1) is 28.2. The molecule has 2 fully saturated rings. The van der Waals surface area contributed by atoms with Crippen molar-refractivity contribution in [3.8, 4) is 5.75 Å². The van der Waals surface area contributed by atoms with Crippen molar-refractivity contribution in [2.24, 2.45) is 11.8 Å². The van der Waals surface area contributed by atoms with Gasteiger partial charge in [-0.1, -0.05) is 0 Å². The molecular weight excluding hydrogens is 569 g/mol. The third-order valence-electron chi connectivity index (χ3n) is 8.29. The lowest BCUT2D eigenvalue weighted by molar-refractivity contribution is -0.137. The molecule has 5 atom stereocenters. The Kier molecular flexibility index (Phi) is 7.00. The van der Waals surface area contributed by atoms with E-state index in [1.807, 2.05) is 0 Å². The van der Waals surface area contributed by atoms with Crippen molar-refractivity contribution in [1.82, 2.24) is 4.72 Å². The maximum Gasteiger partial charge on any atom is 0.416 e. The van der Waals surface area contributed by atoms with Gasteiger partial charge in [-0.3, -0.25) is 0 Å². The number of sulfone groups is 1. The largest absolute Gasteiger partial charge is 0.490 e. The first-order valence-corrected chi connectivity index (χ1v) is 15.4. The van der Waals surface area contributed by atoms with E-state index < -0.39 is 87.3 Å². The van der Waals surface area contributed by atoms with Crippen LogP contribution in [0.1, 0.15) is 43.2 Å². The molecule has 0 bridgehead atoms. The highest BCUT2D eigenvalue weighted by Crippen LogP contribution is 2.59. The van der Waals surface area contributed by atoms with Gasteiger partial charge < -0.3 is 9.84 Å². The third kappa shape index (κ3) is 4.43. The fourth-order valence-electron chi connectivity index (χ4n) is 6.51. The molecule has 0 aromatic heterocycles. The Morgan fingerprint density at radius 1 is 1.08 bits per heavy atom. The summed E-state index contributed by atoms with van der Waals surface area (Å²) in [6.07, 6.45) is -4.80. The van der Waals surface area contributed by atoms with Gasteiger partial charge in [0.2, 0.25) is 10.0 Å². The molecule has 2 aromatic rings. The molecule has 5 rings (SSSR count). The first-order valence-electron chi connectivity index (χ1n) is 12.4. The van der Waals surface area contributed by atoms with Gasteiger partial charge in [0.05, 0.1) is 27.9 Å². The van der Waals surface area contributed by atoms with Crippen LogP contribution in [0.2, 0.25) is 0 Å². The van der Waals surface area contributed by atoms with Crippen LogP contribution in [0.15, 0.2) is 41.3 Å². The van der Waals surface area contributed by atoms with Crippen molar-refractivity contribution in [2.75, 3.05) is 13.2 Å². The van der Waals surface area contributed by atoms with E-state index in [0.29, 0.717) is 12.1 Å². The summed E-state index contributed by atoms with van der Waals surface area (Å²) in [6, 6.07) is 3.72. The predicted octanol–water partition coefficient (Wildman–Crippen LogP) is 3.90. The zero-order valence-electron chi connectivity index (χ0n) is 20.4. The second-order valence-corrected chi connectivity index (χ2v) is 14.5. The minimum atomic E-state index is -4.72. The number of ether oxygens (including phenoxy) is 1. The van der Waals surface area contributed by atoms with Gasteiger partial charge in [0.1, 0.15) is 10.6 Å². The van der Waals surface area contributed by atoms with Crippen molar-refractivity contribution in [3.63, 3.8) is 0 Å². The number of nitrogens with one attached hydrogen (secondary N) is 1. The third-order valence-corrected chi connectivity index (χ3v) is 12.8. The minimum Gasteiger partial charge on any atom is -0.490 e. The van der Waals surface area contributed by atoms with Gasteiger partial charge in [0.25, 0.3) is 0 Å². The lowest BCUT2D eigenvalue weighted by atomic mass is 9.64. The zero-order valence-corrected chi connectivity index (χ0v) is 22.1. The maximum atomic E-state index is 15.5. The number of aliphatic hydroxyl groups is 1. The lowest BCUT2D eigenvalue weighted by Gasteiger charge is -2.54. The molecule has 0 spiro atoms. The highest BCUT2D eigenvalue weighted by molar-refractivity contribution is 7.92. The van der Waals surface area contributed by atoms with Crippen molar-refractivity contribution in [1.29, 1.82) is 0 Å². The van der Waals surface area contributed by atoms with Crippen LogP contribution in [0.3, 0.4) is 0 Å². The number of rotatable bonds is 5. The van der Waals surface area contributed by atoms with E-state index >= 15 is 4.39 Å². The Balaban J connectivity index is 1.68. The molecule has 0 radical (unpaired) electrons. The fraction of sp³-hybridized carbons (Fsp3) is 0.520. The second kappa shape index (κ2) is 9.67. The molecule has 0 unspecified atom stereocenters. The highest BCUT2D eigenvalue weighted by atomic mass is 32.2. The average molecular weight is 596 g/mol. The van der Waals surface area contributed by atoms with E-state index in [0.717, 1.165) is 24.3 Å². The second-order valence-electron chi connectivity index (χ2n) is 10.3. The average Bonchev–Trinajstić information content (AvgIpc) is 2.88. The summed E-state index contributed by atoms with van der Waals surface area (Å²) >= 11 is 0. The number of alkyl halides is 3. The summed E-state index contributed by atoms with van der Waals surface area (Å²) in [6.45, 7) is -0.625. The molecule has 1 saturated carbocycles. The SMILES string of the molecule is O=S1(=O)N[C@H]2CC[C@@]3(S(=O)(=O)c4ccc(C(F)(F)F)cc4)c4c(F)ccc(F)c4OC[C@H]3[C@H]2C[C@H]1CCCO. The van der Waals surface area contributed by atoms with Gasteiger partial charge in [-0.05, 0) is 74.4 Å². The van der Waals surface area contributed by atoms with Gasteiger partial charge in [-0.25, -0.2) is 30.3 Å². The molecule has 14 heteroatoms. The Bertz CT molecular complexity index is 1480. The summed E-state index contributed by atoms with van der Waals surface area (Å²) in [4.78, 5) is -0.497. The Morgan fingerprint density at radius 2 is 1.74 bits per heavy atom. The molecule has 0 amide bonds. The van der Waals surface area contributed by atoms with Crippen LogP contribution >= 0.6 is 0 Å². The van der Waals surface area contributed by atoms with Gasteiger partial charge in [-0.15, -0.1) is 0 Å². The number of fused-ring (bicyclic) bond motifs is 5. The minimum absolute atomic E-state index is 0.00935. The van der Waals surface area contributed by atoms with Crippen LogP contribution in [0.5, 0.6) is 5.75 Å². The number of hydrogen-bond acceptors (Lipinski definition) is 6. The van der Waals surface area contributed by atoms with Crippen LogP contribution in [-0.4, -0.2) is 46.4 Å². The molecule has 1 aliphatic carbocycles. The molecule has 2 heterocycles. The Labute approximate surface area is 222 Å². The number of benzene rings is 2. The van der Waals surface area contributed by atoms with E-state index in [1.54, 1.807) is 0 Å². The molecule has 214 valence electrons. The number of halogens is 5.